The normalized spacial score (nSPS) is 21.3. The highest BCUT2D eigenvalue weighted by molar-refractivity contribution is 5.49. The molecule has 2 heteroatoms. The highest BCUT2D eigenvalue weighted by Crippen LogP contribution is 2.52. The van der Waals surface area contributed by atoms with Crippen LogP contribution in [0.3, 0.4) is 0 Å². The summed E-state index contributed by atoms with van der Waals surface area (Å²) in [4.78, 5) is 12.5. The molecule has 1 aromatic rings. The first kappa shape index (κ1) is 12.7. The predicted octanol–water partition coefficient (Wildman–Crippen LogP) is 3.22. The van der Waals surface area contributed by atoms with Crippen molar-refractivity contribution < 1.29 is 4.79 Å². The Balaban J connectivity index is 1.54. The average molecular weight is 257 g/mol. The second-order valence-electron chi connectivity index (χ2n) is 6.89. The molecule has 102 valence electrons. The Hall–Kier alpha value is -1.31. The minimum absolute atomic E-state index is 0.501. The molecule has 1 aliphatic carbocycles. The van der Waals surface area contributed by atoms with Crippen LogP contribution in [0, 0.1) is 11.3 Å². The SMILES string of the molecule is CC(C)c1cccc(CC2CC3(C2)CN(C=O)C3)c1. The Morgan fingerprint density at radius 2 is 2.11 bits per heavy atom. The van der Waals surface area contributed by atoms with Crippen molar-refractivity contribution in [1.29, 1.82) is 0 Å². The van der Waals surface area contributed by atoms with Crippen LogP contribution in [0.1, 0.15) is 43.7 Å². The van der Waals surface area contributed by atoms with Gasteiger partial charge in [-0.05, 0) is 42.2 Å². The summed E-state index contributed by atoms with van der Waals surface area (Å²) >= 11 is 0. The molecule has 0 atom stereocenters. The van der Waals surface area contributed by atoms with E-state index in [1.54, 1.807) is 0 Å². The van der Waals surface area contributed by atoms with Crippen LogP contribution in [0.4, 0.5) is 0 Å². The molecule has 1 spiro atoms. The van der Waals surface area contributed by atoms with Gasteiger partial charge in [0.1, 0.15) is 0 Å². The number of carbonyl (C=O) groups excluding carboxylic acids is 1. The third kappa shape index (κ3) is 2.41. The molecule has 19 heavy (non-hydrogen) atoms. The maximum absolute atomic E-state index is 10.6. The van der Waals surface area contributed by atoms with Gasteiger partial charge >= 0.3 is 0 Å². The lowest BCUT2D eigenvalue weighted by Gasteiger charge is -2.58. The van der Waals surface area contributed by atoms with Gasteiger partial charge in [-0.2, -0.15) is 0 Å². The van der Waals surface area contributed by atoms with Crippen LogP contribution in [-0.2, 0) is 11.2 Å². The van der Waals surface area contributed by atoms with Gasteiger partial charge in [0.05, 0.1) is 0 Å². The number of rotatable bonds is 4. The summed E-state index contributed by atoms with van der Waals surface area (Å²) in [6.07, 6.45) is 4.82. The van der Waals surface area contributed by atoms with Crippen molar-refractivity contribution in [3.63, 3.8) is 0 Å². The van der Waals surface area contributed by atoms with Crippen molar-refractivity contribution >= 4 is 6.41 Å². The van der Waals surface area contributed by atoms with Crippen LogP contribution < -0.4 is 0 Å². The van der Waals surface area contributed by atoms with Crippen LogP contribution in [0.15, 0.2) is 24.3 Å². The smallest absolute Gasteiger partial charge is 0.209 e. The fourth-order valence-corrected chi connectivity index (χ4v) is 3.87. The van der Waals surface area contributed by atoms with E-state index in [9.17, 15) is 4.79 Å². The fraction of sp³-hybridized carbons (Fsp3) is 0.588. The zero-order valence-corrected chi connectivity index (χ0v) is 11.9. The molecule has 0 bridgehead atoms. The molecule has 2 nitrogen and oxygen atoms in total. The molecule has 1 aromatic carbocycles. The van der Waals surface area contributed by atoms with E-state index in [-0.39, 0.29) is 0 Å². The number of likely N-dealkylation sites (tertiary alicyclic amines) is 1. The minimum Gasteiger partial charge on any atom is -0.344 e. The van der Waals surface area contributed by atoms with E-state index in [1.807, 2.05) is 4.90 Å². The van der Waals surface area contributed by atoms with E-state index in [0.717, 1.165) is 25.4 Å². The monoisotopic (exact) mass is 257 g/mol. The first-order valence-corrected chi connectivity index (χ1v) is 7.38. The molecule has 2 fully saturated rings. The van der Waals surface area contributed by atoms with Crippen LogP contribution in [0.2, 0.25) is 0 Å². The zero-order chi connectivity index (χ0) is 13.5. The van der Waals surface area contributed by atoms with E-state index < -0.39 is 0 Å². The van der Waals surface area contributed by atoms with Crippen molar-refractivity contribution in [2.24, 2.45) is 11.3 Å². The van der Waals surface area contributed by atoms with Crippen LogP contribution in [0.25, 0.3) is 0 Å². The lowest BCUT2D eigenvalue weighted by atomic mass is 9.56. The molecule has 1 saturated heterocycles. The van der Waals surface area contributed by atoms with Gasteiger partial charge in [0, 0.05) is 18.5 Å². The molecule has 0 aromatic heterocycles. The number of amides is 1. The molecule has 0 unspecified atom stereocenters. The summed E-state index contributed by atoms with van der Waals surface area (Å²) in [6.45, 7) is 6.50. The number of nitrogens with zero attached hydrogens (tertiary/aromatic N) is 1. The Labute approximate surface area is 115 Å². The lowest BCUT2D eigenvalue weighted by Crippen LogP contribution is -2.61. The second kappa shape index (κ2) is 4.66. The second-order valence-corrected chi connectivity index (χ2v) is 6.89. The van der Waals surface area contributed by atoms with E-state index >= 15 is 0 Å². The predicted molar refractivity (Wildman–Crippen MR) is 77.0 cm³/mol. The van der Waals surface area contributed by atoms with E-state index in [1.165, 1.54) is 30.4 Å². The van der Waals surface area contributed by atoms with Gasteiger partial charge in [-0.3, -0.25) is 4.79 Å². The zero-order valence-electron chi connectivity index (χ0n) is 11.9. The summed E-state index contributed by atoms with van der Waals surface area (Å²) < 4.78 is 0. The maximum Gasteiger partial charge on any atom is 0.209 e. The Morgan fingerprint density at radius 1 is 1.37 bits per heavy atom. The van der Waals surface area contributed by atoms with E-state index in [2.05, 4.69) is 38.1 Å². The topological polar surface area (TPSA) is 20.3 Å². The maximum atomic E-state index is 10.6. The van der Waals surface area contributed by atoms with Crippen molar-refractivity contribution in [1.82, 2.24) is 4.90 Å². The van der Waals surface area contributed by atoms with E-state index in [4.69, 9.17) is 0 Å². The molecule has 0 N–H and O–H groups in total. The molecule has 1 saturated carbocycles. The lowest BCUT2D eigenvalue weighted by molar-refractivity contribution is -0.141. The molecular weight excluding hydrogens is 234 g/mol. The first-order valence-electron chi connectivity index (χ1n) is 7.38. The molecule has 3 rings (SSSR count). The first-order chi connectivity index (χ1) is 9.10. The third-order valence-electron chi connectivity index (χ3n) is 4.81. The van der Waals surface area contributed by atoms with Crippen molar-refractivity contribution in [3.8, 4) is 0 Å². The highest BCUT2D eigenvalue weighted by Gasteiger charge is 2.51. The summed E-state index contributed by atoms with van der Waals surface area (Å²) in [7, 11) is 0. The van der Waals surface area contributed by atoms with Crippen molar-refractivity contribution in [3.05, 3.63) is 35.4 Å². The highest BCUT2D eigenvalue weighted by atomic mass is 16.1. The van der Waals surface area contributed by atoms with E-state index in [0.29, 0.717) is 11.3 Å². The quantitative estimate of drug-likeness (QED) is 0.758. The standard InChI is InChI=1S/C17H23NO/c1-13(2)16-5-3-4-14(7-16)6-15-8-17(9-15)10-18(11-17)12-19/h3-5,7,12-13,15H,6,8-11H2,1-2H3. The van der Waals surface area contributed by atoms with Gasteiger partial charge in [0.15, 0.2) is 0 Å². The van der Waals surface area contributed by atoms with Crippen molar-refractivity contribution in [2.45, 2.75) is 39.0 Å². The summed E-state index contributed by atoms with van der Waals surface area (Å²) in [5.41, 5.74) is 3.43. The van der Waals surface area contributed by atoms with Crippen LogP contribution >= 0.6 is 0 Å². The van der Waals surface area contributed by atoms with Gasteiger partial charge in [-0.15, -0.1) is 0 Å². The molecule has 2 aliphatic rings. The number of hydrogen-bond acceptors (Lipinski definition) is 1. The molecule has 1 amide bonds. The Kier molecular flexibility index (Phi) is 3.12. The molecule has 1 heterocycles. The molecule has 0 radical (unpaired) electrons. The van der Waals surface area contributed by atoms with Crippen LogP contribution in [-0.4, -0.2) is 24.4 Å². The van der Waals surface area contributed by atoms with Gasteiger partial charge in [0.25, 0.3) is 0 Å². The van der Waals surface area contributed by atoms with Crippen LogP contribution in [0.5, 0.6) is 0 Å². The van der Waals surface area contributed by atoms with Gasteiger partial charge in [-0.1, -0.05) is 38.1 Å². The summed E-state index contributed by atoms with van der Waals surface area (Å²) in [5, 5.41) is 0. The molecule has 1 aliphatic heterocycles. The van der Waals surface area contributed by atoms with Gasteiger partial charge in [-0.25, -0.2) is 0 Å². The largest absolute Gasteiger partial charge is 0.344 e. The average Bonchev–Trinajstić information content (AvgIpc) is 2.30. The summed E-state index contributed by atoms with van der Waals surface area (Å²) in [6, 6.07) is 9.05. The summed E-state index contributed by atoms with van der Waals surface area (Å²) in [5.74, 6) is 1.44. The molecular formula is C17H23NO. The van der Waals surface area contributed by atoms with Gasteiger partial charge in [0.2, 0.25) is 6.41 Å². The fourth-order valence-electron chi connectivity index (χ4n) is 3.87. The number of carbonyl (C=O) groups is 1. The van der Waals surface area contributed by atoms with Crippen molar-refractivity contribution in [2.75, 3.05) is 13.1 Å². The number of benzene rings is 1. The Morgan fingerprint density at radius 3 is 2.74 bits per heavy atom. The van der Waals surface area contributed by atoms with Gasteiger partial charge < -0.3 is 4.90 Å². The minimum atomic E-state index is 0.501. The Bertz CT molecular complexity index is 466. The number of hydrogen-bond donors (Lipinski definition) is 0. The third-order valence-corrected chi connectivity index (χ3v) is 4.81.